The van der Waals surface area contributed by atoms with Gasteiger partial charge < -0.3 is 16.0 Å². The number of rotatable bonds is 5. The van der Waals surface area contributed by atoms with E-state index < -0.39 is 0 Å². The Balaban J connectivity index is 2.44. The Morgan fingerprint density at radius 3 is 2.73 bits per heavy atom. The molecule has 3 heteroatoms. The summed E-state index contributed by atoms with van der Waals surface area (Å²) in [7, 11) is 2.11. The molecular weight excluding hydrogens is 186 g/mol. The van der Waals surface area contributed by atoms with Crippen LogP contribution in [-0.4, -0.2) is 31.6 Å². The predicted molar refractivity (Wildman–Crippen MR) is 67.3 cm³/mol. The van der Waals surface area contributed by atoms with Gasteiger partial charge in [-0.05, 0) is 38.2 Å². The standard InChI is InChI=1S/C12H21N3/c1-4-15(3)8-7-14-12-6-5-10(2)9-11(12)13/h5-6,9,14H,4,7-8,13H2,1-3H3. The van der Waals surface area contributed by atoms with Gasteiger partial charge in [-0.15, -0.1) is 0 Å². The highest BCUT2D eigenvalue weighted by atomic mass is 15.1. The van der Waals surface area contributed by atoms with Crippen LogP contribution in [0.15, 0.2) is 18.2 Å². The number of nitrogens with one attached hydrogen (secondary N) is 1. The molecule has 0 radical (unpaired) electrons. The van der Waals surface area contributed by atoms with Crippen LogP contribution in [0.5, 0.6) is 0 Å². The summed E-state index contributed by atoms with van der Waals surface area (Å²) in [5, 5.41) is 3.34. The first-order chi connectivity index (χ1) is 7.13. The molecule has 0 atom stereocenters. The van der Waals surface area contributed by atoms with Crippen LogP contribution < -0.4 is 11.1 Å². The maximum Gasteiger partial charge on any atom is 0.0574 e. The highest BCUT2D eigenvalue weighted by Crippen LogP contribution is 2.18. The van der Waals surface area contributed by atoms with Crippen molar-refractivity contribution in [3.05, 3.63) is 23.8 Å². The molecule has 0 amide bonds. The topological polar surface area (TPSA) is 41.3 Å². The number of anilines is 2. The number of hydrogen-bond acceptors (Lipinski definition) is 3. The Hall–Kier alpha value is -1.22. The number of hydrogen-bond donors (Lipinski definition) is 2. The van der Waals surface area contributed by atoms with Gasteiger partial charge in [-0.3, -0.25) is 0 Å². The van der Waals surface area contributed by atoms with Crippen molar-refractivity contribution >= 4 is 11.4 Å². The van der Waals surface area contributed by atoms with Crippen molar-refractivity contribution in [2.75, 3.05) is 37.7 Å². The molecule has 1 aromatic carbocycles. The lowest BCUT2D eigenvalue weighted by molar-refractivity contribution is 0.367. The summed E-state index contributed by atoms with van der Waals surface area (Å²) >= 11 is 0. The van der Waals surface area contributed by atoms with Crippen LogP contribution in [0, 0.1) is 6.92 Å². The molecule has 0 aliphatic rings. The molecule has 0 aromatic heterocycles. The Labute approximate surface area is 92.3 Å². The van der Waals surface area contributed by atoms with Crippen LogP contribution in [0.2, 0.25) is 0 Å². The molecule has 1 aromatic rings. The summed E-state index contributed by atoms with van der Waals surface area (Å²) in [6, 6.07) is 6.10. The summed E-state index contributed by atoms with van der Waals surface area (Å²) in [6.45, 7) is 7.23. The molecule has 84 valence electrons. The van der Waals surface area contributed by atoms with E-state index in [1.54, 1.807) is 0 Å². The highest BCUT2D eigenvalue weighted by molar-refractivity contribution is 5.66. The molecule has 0 heterocycles. The van der Waals surface area contributed by atoms with E-state index in [-0.39, 0.29) is 0 Å². The van der Waals surface area contributed by atoms with E-state index in [0.717, 1.165) is 31.0 Å². The van der Waals surface area contributed by atoms with Gasteiger partial charge in [0.2, 0.25) is 0 Å². The molecule has 0 spiro atoms. The summed E-state index contributed by atoms with van der Waals surface area (Å²) in [5.41, 5.74) is 8.95. The third kappa shape index (κ3) is 3.80. The SMILES string of the molecule is CCN(C)CCNc1ccc(C)cc1N. The highest BCUT2D eigenvalue weighted by Gasteiger charge is 1.99. The van der Waals surface area contributed by atoms with E-state index in [9.17, 15) is 0 Å². The Kier molecular flexibility index (Phi) is 4.43. The van der Waals surface area contributed by atoms with Crippen molar-refractivity contribution < 1.29 is 0 Å². The minimum Gasteiger partial charge on any atom is -0.397 e. The third-order valence-electron chi connectivity index (χ3n) is 2.56. The molecule has 0 aliphatic heterocycles. The number of nitrogens with two attached hydrogens (primary N) is 1. The van der Waals surface area contributed by atoms with E-state index in [0.29, 0.717) is 0 Å². The second-order valence-corrected chi connectivity index (χ2v) is 3.91. The monoisotopic (exact) mass is 207 g/mol. The van der Waals surface area contributed by atoms with E-state index in [1.165, 1.54) is 5.56 Å². The largest absolute Gasteiger partial charge is 0.397 e. The molecule has 0 unspecified atom stereocenters. The normalized spacial score (nSPS) is 10.7. The summed E-state index contributed by atoms with van der Waals surface area (Å²) < 4.78 is 0. The maximum absolute atomic E-state index is 5.89. The number of benzene rings is 1. The number of likely N-dealkylation sites (N-methyl/N-ethyl adjacent to an activating group) is 1. The zero-order valence-electron chi connectivity index (χ0n) is 9.88. The minimum absolute atomic E-state index is 0.828. The minimum atomic E-state index is 0.828. The van der Waals surface area contributed by atoms with Gasteiger partial charge in [0, 0.05) is 13.1 Å². The van der Waals surface area contributed by atoms with Crippen molar-refractivity contribution in [1.29, 1.82) is 0 Å². The number of nitrogens with zero attached hydrogens (tertiary/aromatic N) is 1. The Morgan fingerprint density at radius 1 is 1.40 bits per heavy atom. The Morgan fingerprint density at radius 2 is 2.13 bits per heavy atom. The second kappa shape index (κ2) is 5.61. The average Bonchev–Trinajstić information content (AvgIpc) is 2.21. The molecule has 3 N–H and O–H groups in total. The van der Waals surface area contributed by atoms with Crippen LogP contribution in [0.1, 0.15) is 12.5 Å². The molecule has 0 bridgehead atoms. The fourth-order valence-corrected chi connectivity index (χ4v) is 1.38. The summed E-state index contributed by atoms with van der Waals surface area (Å²) in [4.78, 5) is 2.26. The first-order valence-electron chi connectivity index (χ1n) is 5.42. The van der Waals surface area contributed by atoms with Gasteiger partial charge in [-0.25, -0.2) is 0 Å². The quantitative estimate of drug-likeness (QED) is 0.725. The summed E-state index contributed by atoms with van der Waals surface area (Å²) in [5.74, 6) is 0. The van der Waals surface area contributed by atoms with Crippen LogP contribution in [0.3, 0.4) is 0 Å². The van der Waals surface area contributed by atoms with Gasteiger partial charge in [0.1, 0.15) is 0 Å². The van der Waals surface area contributed by atoms with Gasteiger partial charge in [0.15, 0.2) is 0 Å². The van der Waals surface area contributed by atoms with Crippen LogP contribution in [0.25, 0.3) is 0 Å². The lowest BCUT2D eigenvalue weighted by Crippen LogP contribution is -2.24. The third-order valence-corrected chi connectivity index (χ3v) is 2.56. The van der Waals surface area contributed by atoms with Gasteiger partial charge in [0.25, 0.3) is 0 Å². The molecule has 3 nitrogen and oxygen atoms in total. The molecule has 0 fully saturated rings. The first kappa shape index (κ1) is 11.9. The van der Waals surface area contributed by atoms with Crippen molar-refractivity contribution in [3.8, 4) is 0 Å². The predicted octanol–water partition coefficient (Wildman–Crippen LogP) is 1.94. The van der Waals surface area contributed by atoms with Crippen LogP contribution in [-0.2, 0) is 0 Å². The van der Waals surface area contributed by atoms with Crippen molar-refractivity contribution in [1.82, 2.24) is 4.90 Å². The maximum atomic E-state index is 5.89. The zero-order chi connectivity index (χ0) is 11.3. The lowest BCUT2D eigenvalue weighted by Gasteiger charge is -2.15. The number of nitrogen functional groups attached to an aromatic ring is 1. The number of aryl methyl sites for hydroxylation is 1. The van der Waals surface area contributed by atoms with Crippen LogP contribution >= 0.6 is 0 Å². The molecule has 0 saturated heterocycles. The van der Waals surface area contributed by atoms with Gasteiger partial charge in [-0.1, -0.05) is 13.0 Å². The smallest absolute Gasteiger partial charge is 0.0574 e. The van der Waals surface area contributed by atoms with E-state index >= 15 is 0 Å². The fourth-order valence-electron chi connectivity index (χ4n) is 1.38. The van der Waals surface area contributed by atoms with E-state index in [1.807, 2.05) is 19.1 Å². The average molecular weight is 207 g/mol. The van der Waals surface area contributed by atoms with Gasteiger partial charge in [-0.2, -0.15) is 0 Å². The first-order valence-corrected chi connectivity index (χ1v) is 5.42. The molecule has 15 heavy (non-hydrogen) atoms. The van der Waals surface area contributed by atoms with Crippen molar-refractivity contribution in [2.45, 2.75) is 13.8 Å². The fraction of sp³-hybridized carbons (Fsp3) is 0.500. The zero-order valence-corrected chi connectivity index (χ0v) is 9.88. The molecule has 0 saturated carbocycles. The van der Waals surface area contributed by atoms with Gasteiger partial charge >= 0.3 is 0 Å². The molecular formula is C12H21N3. The molecule has 0 aliphatic carbocycles. The summed E-state index contributed by atoms with van der Waals surface area (Å²) in [6.07, 6.45) is 0. The van der Waals surface area contributed by atoms with Crippen molar-refractivity contribution in [3.63, 3.8) is 0 Å². The van der Waals surface area contributed by atoms with E-state index in [2.05, 4.69) is 30.3 Å². The van der Waals surface area contributed by atoms with Gasteiger partial charge in [0.05, 0.1) is 11.4 Å². The van der Waals surface area contributed by atoms with E-state index in [4.69, 9.17) is 5.73 Å². The van der Waals surface area contributed by atoms with Crippen LogP contribution in [0.4, 0.5) is 11.4 Å². The van der Waals surface area contributed by atoms with Crippen molar-refractivity contribution in [2.24, 2.45) is 0 Å². The Bertz CT molecular complexity index is 310. The molecule has 1 rings (SSSR count). The lowest BCUT2D eigenvalue weighted by atomic mass is 10.2. The second-order valence-electron chi connectivity index (χ2n) is 3.91.